The molecule has 1 fully saturated rings. The Kier molecular flexibility index (Phi) is 6.27. The summed E-state index contributed by atoms with van der Waals surface area (Å²) in [5.74, 6) is -0.123. The molecule has 2 aliphatic heterocycles. The van der Waals surface area contributed by atoms with Gasteiger partial charge in [0.05, 0.1) is 11.0 Å². The molecule has 0 bridgehead atoms. The van der Waals surface area contributed by atoms with Crippen LogP contribution in [-0.4, -0.2) is 35.6 Å². The molecule has 0 unspecified atom stereocenters. The number of likely N-dealkylation sites (tertiary alicyclic amines) is 1. The minimum Gasteiger partial charge on any atom is -0.488 e. The van der Waals surface area contributed by atoms with E-state index in [2.05, 4.69) is 4.90 Å². The van der Waals surface area contributed by atoms with E-state index in [4.69, 9.17) is 4.74 Å². The summed E-state index contributed by atoms with van der Waals surface area (Å²) in [6.07, 6.45) is -2.29. The number of hydrogen-bond acceptors (Lipinski definition) is 3. The first-order valence-corrected chi connectivity index (χ1v) is 11.2. The highest BCUT2D eigenvalue weighted by atomic mass is 19.4. The quantitative estimate of drug-likeness (QED) is 0.610. The number of nitrogens with zero attached hydrogens (tertiary/aromatic N) is 1. The highest BCUT2D eigenvalue weighted by Crippen LogP contribution is 2.42. The van der Waals surface area contributed by atoms with Gasteiger partial charge in [-0.2, -0.15) is 13.2 Å². The fourth-order valence-electron chi connectivity index (χ4n) is 4.45. The van der Waals surface area contributed by atoms with E-state index in [1.165, 1.54) is 11.6 Å². The fourth-order valence-corrected chi connectivity index (χ4v) is 4.45. The number of alkyl halides is 3. The van der Waals surface area contributed by atoms with Gasteiger partial charge in [0.15, 0.2) is 0 Å². The van der Waals surface area contributed by atoms with Crippen molar-refractivity contribution in [3.05, 3.63) is 70.3 Å². The number of fused-ring (bicyclic) bond motifs is 2. The lowest BCUT2D eigenvalue weighted by atomic mass is 9.85. The van der Waals surface area contributed by atoms with Crippen molar-refractivity contribution in [2.75, 3.05) is 19.6 Å². The zero-order valence-corrected chi connectivity index (χ0v) is 18.8. The SMILES string of the molecule is CC(C)(CCN1CCC(=C2c3ccc(C(F)(F)F)cc3COc3ccccc32)CC1)C(=O)O. The van der Waals surface area contributed by atoms with E-state index >= 15 is 0 Å². The van der Waals surface area contributed by atoms with E-state index in [-0.39, 0.29) is 6.61 Å². The monoisotopic (exact) mass is 459 g/mol. The highest BCUT2D eigenvalue weighted by Gasteiger charge is 2.33. The van der Waals surface area contributed by atoms with Gasteiger partial charge in [0.2, 0.25) is 0 Å². The number of ether oxygens (including phenoxy) is 1. The third-order valence-electron chi connectivity index (χ3n) is 6.69. The lowest BCUT2D eigenvalue weighted by Gasteiger charge is -2.32. The molecule has 2 aliphatic rings. The molecule has 0 aliphatic carbocycles. The summed E-state index contributed by atoms with van der Waals surface area (Å²) in [6, 6.07) is 11.5. The Labute approximate surface area is 191 Å². The Hall–Kier alpha value is -2.80. The molecule has 0 saturated carbocycles. The predicted molar refractivity (Wildman–Crippen MR) is 120 cm³/mol. The van der Waals surface area contributed by atoms with Gasteiger partial charge in [-0.05, 0) is 74.6 Å². The molecule has 4 nitrogen and oxygen atoms in total. The standard InChI is InChI=1S/C26H28F3NO3/c1-25(2,24(31)32)11-14-30-12-9-17(10-13-30)23-20-8-7-19(26(27,28)29)15-18(20)16-33-22-6-4-3-5-21(22)23/h3-8,15H,9-14,16H2,1-2H3,(H,31,32). The maximum atomic E-state index is 13.3. The summed E-state index contributed by atoms with van der Waals surface area (Å²) in [4.78, 5) is 13.7. The second-order valence-electron chi connectivity index (χ2n) is 9.41. The molecular formula is C26H28F3NO3. The van der Waals surface area contributed by atoms with Crippen LogP contribution in [0.5, 0.6) is 5.75 Å². The average Bonchev–Trinajstić information content (AvgIpc) is 2.94. The van der Waals surface area contributed by atoms with Crippen LogP contribution in [0.2, 0.25) is 0 Å². The first-order valence-electron chi connectivity index (χ1n) is 11.2. The molecule has 2 heterocycles. The summed E-state index contributed by atoms with van der Waals surface area (Å²) >= 11 is 0. The van der Waals surface area contributed by atoms with Gasteiger partial charge in [0.25, 0.3) is 0 Å². The molecule has 2 aromatic rings. The van der Waals surface area contributed by atoms with Crippen LogP contribution in [-0.2, 0) is 17.6 Å². The Morgan fingerprint density at radius 2 is 1.76 bits per heavy atom. The van der Waals surface area contributed by atoms with Crippen molar-refractivity contribution in [1.82, 2.24) is 4.90 Å². The van der Waals surface area contributed by atoms with Crippen LogP contribution >= 0.6 is 0 Å². The molecule has 1 N–H and O–H groups in total. The fraction of sp³-hybridized carbons (Fsp3) is 0.423. The number of carbonyl (C=O) groups is 1. The van der Waals surface area contributed by atoms with E-state index in [0.717, 1.165) is 48.7 Å². The van der Waals surface area contributed by atoms with E-state index in [1.54, 1.807) is 19.9 Å². The molecule has 0 radical (unpaired) electrons. The largest absolute Gasteiger partial charge is 0.488 e. The zero-order chi connectivity index (χ0) is 23.8. The van der Waals surface area contributed by atoms with Crippen LogP contribution < -0.4 is 4.74 Å². The molecule has 0 aromatic heterocycles. The molecular weight excluding hydrogens is 431 g/mol. The molecule has 0 atom stereocenters. The Morgan fingerprint density at radius 1 is 1.06 bits per heavy atom. The van der Waals surface area contributed by atoms with Crippen molar-refractivity contribution in [2.45, 2.75) is 45.9 Å². The summed E-state index contributed by atoms with van der Waals surface area (Å²) < 4.78 is 45.9. The lowest BCUT2D eigenvalue weighted by Crippen LogP contribution is -2.36. The van der Waals surface area contributed by atoms with Crippen molar-refractivity contribution < 1.29 is 27.8 Å². The predicted octanol–water partition coefficient (Wildman–Crippen LogP) is 6.00. The number of para-hydroxylation sites is 1. The Bertz CT molecular complexity index is 1080. The van der Waals surface area contributed by atoms with Crippen molar-refractivity contribution in [3.8, 4) is 5.75 Å². The van der Waals surface area contributed by atoms with E-state index < -0.39 is 23.1 Å². The number of aliphatic carboxylic acids is 1. The van der Waals surface area contributed by atoms with E-state index in [9.17, 15) is 23.1 Å². The normalized spacial score (nSPS) is 17.1. The van der Waals surface area contributed by atoms with Crippen LogP contribution in [0.3, 0.4) is 0 Å². The molecule has 33 heavy (non-hydrogen) atoms. The smallest absolute Gasteiger partial charge is 0.416 e. The van der Waals surface area contributed by atoms with Gasteiger partial charge >= 0.3 is 12.1 Å². The molecule has 4 rings (SSSR count). The van der Waals surface area contributed by atoms with Gasteiger partial charge in [-0.3, -0.25) is 4.79 Å². The number of carboxylic acids is 1. The van der Waals surface area contributed by atoms with Crippen molar-refractivity contribution >= 4 is 11.5 Å². The van der Waals surface area contributed by atoms with Crippen molar-refractivity contribution in [1.29, 1.82) is 0 Å². The zero-order valence-electron chi connectivity index (χ0n) is 18.8. The first kappa shape index (κ1) is 23.4. The number of benzene rings is 2. The second-order valence-corrected chi connectivity index (χ2v) is 9.41. The first-order chi connectivity index (χ1) is 15.6. The molecule has 176 valence electrons. The maximum Gasteiger partial charge on any atom is 0.416 e. The maximum absolute atomic E-state index is 13.3. The minimum atomic E-state index is -4.41. The summed E-state index contributed by atoms with van der Waals surface area (Å²) in [5.41, 5.74) is 2.96. The summed E-state index contributed by atoms with van der Waals surface area (Å²) in [7, 11) is 0. The van der Waals surface area contributed by atoms with Gasteiger partial charge in [0.1, 0.15) is 12.4 Å². The molecule has 0 spiro atoms. The Morgan fingerprint density at radius 3 is 2.42 bits per heavy atom. The number of hydrogen-bond donors (Lipinski definition) is 1. The van der Waals surface area contributed by atoms with Crippen molar-refractivity contribution in [3.63, 3.8) is 0 Å². The number of piperidine rings is 1. The number of rotatable bonds is 4. The average molecular weight is 460 g/mol. The molecule has 2 aromatic carbocycles. The molecule has 0 amide bonds. The third kappa shape index (κ3) is 4.93. The summed E-state index contributed by atoms with van der Waals surface area (Å²) in [6.45, 7) is 5.83. The van der Waals surface area contributed by atoms with Crippen LogP contribution in [0.15, 0.2) is 48.0 Å². The van der Waals surface area contributed by atoms with Gasteiger partial charge in [0, 0.05) is 18.7 Å². The van der Waals surface area contributed by atoms with Crippen LogP contribution in [0, 0.1) is 5.41 Å². The third-order valence-corrected chi connectivity index (χ3v) is 6.69. The van der Waals surface area contributed by atoms with Crippen LogP contribution in [0.4, 0.5) is 13.2 Å². The Balaban J connectivity index is 1.65. The number of halogens is 3. The topological polar surface area (TPSA) is 49.8 Å². The second kappa shape index (κ2) is 8.86. The van der Waals surface area contributed by atoms with Crippen LogP contribution in [0.25, 0.3) is 5.57 Å². The van der Waals surface area contributed by atoms with Crippen LogP contribution in [0.1, 0.15) is 55.4 Å². The summed E-state index contributed by atoms with van der Waals surface area (Å²) in [5, 5.41) is 9.36. The van der Waals surface area contributed by atoms with Gasteiger partial charge in [-0.25, -0.2) is 0 Å². The molecule has 1 saturated heterocycles. The lowest BCUT2D eigenvalue weighted by molar-refractivity contribution is -0.147. The van der Waals surface area contributed by atoms with Gasteiger partial charge < -0.3 is 14.7 Å². The minimum absolute atomic E-state index is 0.0867. The number of carboxylic acid groups (broad SMARTS) is 1. The van der Waals surface area contributed by atoms with Gasteiger partial charge in [-0.15, -0.1) is 0 Å². The molecule has 7 heteroatoms. The van der Waals surface area contributed by atoms with Gasteiger partial charge in [-0.1, -0.05) is 29.8 Å². The van der Waals surface area contributed by atoms with E-state index in [0.29, 0.717) is 24.3 Å². The van der Waals surface area contributed by atoms with Crippen molar-refractivity contribution in [2.24, 2.45) is 5.41 Å². The highest BCUT2D eigenvalue weighted by molar-refractivity contribution is 5.87. The van der Waals surface area contributed by atoms with E-state index in [1.807, 2.05) is 24.3 Å².